The average molecular weight is 278 g/mol. The van der Waals surface area contributed by atoms with E-state index in [4.69, 9.17) is 0 Å². The molecule has 20 heavy (non-hydrogen) atoms. The van der Waals surface area contributed by atoms with Gasteiger partial charge in [-0.2, -0.15) is 0 Å². The van der Waals surface area contributed by atoms with Crippen LogP contribution in [0.2, 0.25) is 0 Å². The third-order valence-electron chi connectivity index (χ3n) is 2.91. The minimum absolute atomic E-state index is 0.00972. The molecule has 0 aliphatic carbocycles. The highest BCUT2D eigenvalue weighted by atomic mass is 16.5. The number of carbonyl (C=O) groups excluding carboxylic acids is 2. The predicted octanol–water partition coefficient (Wildman–Crippen LogP) is 1.48. The van der Waals surface area contributed by atoms with Crippen molar-refractivity contribution < 1.29 is 14.3 Å². The van der Waals surface area contributed by atoms with Gasteiger partial charge < -0.3 is 15.4 Å². The fourth-order valence-corrected chi connectivity index (χ4v) is 1.85. The lowest BCUT2D eigenvalue weighted by Gasteiger charge is -2.12. The average Bonchev–Trinajstić information content (AvgIpc) is 2.45. The molecule has 1 aromatic carbocycles. The Morgan fingerprint density at radius 2 is 1.90 bits per heavy atom. The molecule has 1 unspecified atom stereocenters. The first-order valence-corrected chi connectivity index (χ1v) is 6.74. The lowest BCUT2D eigenvalue weighted by molar-refractivity contribution is -0.121. The highest BCUT2D eigenvalue weighted by Gasteiger charge is 2.08. The molecule has 0 saturated heterocycles. The molecule has 1 aromatic rings. The standard InChI is InChI=1S/C15H22N2O3/c1-4-16-11(2)9-14(18)17-10-12-5-7-13(8-6-12)15(19)20-3/h5-8,11,16H,4,9-10H2,1-3H3,(H,17,18). The molecule has 5 heteroatoms. The minimum atomic E-state index is -0.361. The number of rotatable bonds is 7. The number of nitrogens with one attached hydrogen (secondary N) is 2. The maximum atomic E-state index is 11.7. The number of hydrogen-bond donors (Lipinski definition) is 2. The summed E-state index contributed by atoms with van der Waals surface area (Å²) < 4.78 is 4.63. The van der Waals surface area contributed by atoms with E-state index in [1.807, 2.05) is 13.8 Å². The van der Waals surface area contributed by atoms with E-state index in [0.717, 1.165) is 12.1 Å². The van der Waals surface area contributed by atoms with Crippen molar-refractivity contribution in [3.8, 4) is 0 Å². The summed E-state index contributed by atoms with van der Waals surface area (Å²) >= 11 is 0. The summed E-state index contributed by atoms with van der Waals surface area (Å²) in [7, 11) is 1.35. The van der Waals surface area contributed by atoms with Crippen LogP contribution >= 0.6 is 0 Å². The molecule has 0 heterocycles. The van der Waals surface area contributed by atoms with Gasteiger partial charge in [0.15, 0.2) is 0 Å². The molecular weight excluding hydrogens is 256 g/mol. The number of carbonyl (C=O) groups is 2. The molecule has 0 radical (unpaired) electrons. The van der Waals surface area contributed by atoms with Gasteiger partial charge in [0, 0.05) is 19.0 Å². The lowest BCUT2D eigenvalue weighted by atomic mass is 10.1. The number of amides is 1. The molecule has 2 N–H and O–H groups in total. The third-order valence-corrected chi connectivity index (χ3v) is 2.91. The lowest BCUT2D eigenvalue weighted by Crippen LogP contribution is -2.33. The van der Waals surface area contributed by atoms with Crippen LogP contribution in [0.3, 0.4) is 0 Å². The van der Waals surface area contributed by atoms with Crippen molar-refractivity contribution in [2.45, 2.75) is 32.9 Å². The predicted molar refractivity (Wildman–Crippen MR) is 77.4 cm³/mol. The fourth-order valence-electron chi connectivity index (χ4n) is 1.85. The zero-order valence-corrected chi connectivity index (χ0v) is 12.2. The first-order valence-electron chi connectivity index (χ1n) is 6.74. The van der Waals surface area contributed by atoms with E-state index >= 15 is 0 Å². The van der Waals surface area contributed by atoms with Gasteiger partial charge >= 0.3 is 5.97 Å². The van der Waals surface area contributed by atoms with Crippen LogP contribution in [0.5, 0.6) is 0 Å². The zero-order chi connectivity index (χ0) is 15.0. The summed E-state index contributed by atoms with van der Waals surface area (Å²) in [5, 5.41) is 6.04. The summed E-state index contributed by atoms with van der Waals surface area (Å²) in [5.41, 5.74) is 1.45. The Bertz CT molecular complexity index is 443. The summed E-state index contributed by atoms with van der Waals surface area (Å²) in [6.07, 6.45) is 0.452. The van der Waals surface area contributed by atoms with Gasteiger partial charge in [-0.15, -0.1) is 0 Å². The van der Waals surface area contributed by atoms with Gasteiger partial charge in [0.2, 0.25) is 5.91 Å². The Morgan fingerprint density at radius 3 is 2.45 bits per heavy atom. The largest absolute Gasteiger partial charge is 0.465 e. The normalized spacial score (nSPS) is 11.8. The Balaban J connectivity index is 2.42. The van der Waals surface area contributed by atoms with Gasteiger partial charge in [0.1, 0.15) is 0 Å². The van der Waals surface area contributed by atoms with E-state index in [-0.39, 0.29) is 17.9 Å². The second-order valence-corrected chi connectivity index (χ2v) is 4.63. The maximum Gasteiger partial charge on any atom is 0.337 e. The van der Waals surface area contributed by atoms with E-state index in [0.29, 0.717) is 18.5 Å². The SMILES string of the molecule is CCNC(C)CC(=O)NCc1ccc(C(=O)OC)cc1. The summed E-state index contributed by atoms with van der Waals surface area (Å²) in [4.78, 5) is 23.0. The van der Waals surface area contributed by atoms with Crippen molar-refractivity contribution in [3.05, 3.63) is 35.4 Å². The second-order valence-electron chi connectivity index (χ2n) is 4.63. The van der Waals surface area contributed by atoms with Crippen molar-refractivity contribution in [1.29, 1.82) is 0 Å². The summed E-state index contributed by atoms with van der Waals surface area (Å²) in [6.45, 7) is 5.30. The van der Waals surface area contributed by atoms with Crippen molar-refractivity contribution in [2.24, 2.45) is 0 Å². The quantitative estimate of drug-likeness (QED) is 0.741. The summed E-state index contributed by atoms with van der Waals surface area (Å²) in [6, 6.07) is 7.16. The Labute approximate surface area is 119 Å². The molecule has 0 bridgehead atoms. The van der Waals surface area contributed by atoms with E-state index < -0.39 is 0 Å². The zero-order valence-electron chi connectivity index (χ0n) is 12.2. The highest BCUT2D eigenvalue weighted by molar-refractivity contribution is 5.89. The summed E-state index contributed by atoms with van der Waals surface area (Å²) in [5.74, 6) is -0.351. The number of esters is 1. The van der Waals surface area contributed by atoms with Crippen LogP contribution in [0.1, 0.15) is 36.2 Å². The molecule has 0 aliphatic heterocycles. The monoisotopic (exact) mass is 278 g/mol. The van der Waals surface area contributed by atoms with Crippen LogP contribution in [0.15, 0.2) is 24.3 Å². The van der Waals surface area contributed by atoms with E-state index in [2.05, 4.69) is 15.4 Å². The maximum absolute atomic E-state index is 11.7. The molecule has 5 nitrogen and oxygen atoms in total. The molecule has 0 aliphatic rings. The van der Waals surface area contributed by atoms with Crippen LogP contribution in [0.25, 0.3) is 0 Å². The number of methoxy groups -OCH3 is 1. The molecule has 0 fully saturated rings. The Kier molecular flexibility index (Phi) is 6.73. The Morgan fingerprint density at radius 1 is 1.25 bits per heavy atom. The van der Waals surface area contributed by atoms with Gasteiger partial charge in [-0.05, 0) is 31.2 Å². The molecule has 0 spiro atoms. The third kappa shape index (κ3) is 5.40. The highest BCUT2D eigenvalue weighted by Crippen LogP contribution is 2.05. The van der Waals surface area contributed by atoms with Crippen LogP contribution in [0.4, 0.5) is 0 Å². The number of ether oxygens (including phenoxy) is 1. The van der Waals surface area contributed by atoms with E-state index in [9.17, 15) is 9.59 Å². The second kappa shape index (κ2) is 8.32. The van der Waals surface area contributed by atoms with Gasteiger partial charge in [0.25, 0.3) is 0 Å². The van der Waals surface area contributed by atoms with Crippen LogP contribution in [0, 0.1) is 0 Å². The van der Waals surface area contributed by atoms with Gasteiger partial charge in [0.05, 0.1) is 12.7 Å². The minimum Gasteiger partial charge on any atom is -0.465 e. The fraction of sp³-hybridized carbons (Fsp3) is 0.467. The van der Waals surface area contributed by atoms with Crippen LogP contribution in [-0.2, 0) is 16.1 Å². The number of benzene rings is 1. The van der Waals surface area contributed by atoms with Gasteiger partial charge in [-0.25, -0.2) is 4.79 Å². The molecule has 1 amide bonds. The molecule has 110 valence electrons. The van der Waals surface area contributed by atoms with Gasteiger partial charge in [-0.1, -0.05) is 19.1 Å². The van der Waals surface area contributed by atoms with Crippen molar-refractivity contribution in [2.75, 3.05) is 13.7 Å². The smallest absolute Gasteiger partial charge is 0.337 e. The van der Waals surface area contributed by atoms with E-state index in [1.165, 1.54) is 7.11 Å². The van der Waals surface area contributed by atoms with Crippen molar-refractivity contribution in [1.82, 2.24) is 10.6 Å². The van der Waals surface area contributed by atoms with Crippen molar-refractivity contribution in [3.63, 3.8) is 0 Å². The topological polar surface area (TPSA) is 67.4 Å². The number of hydrogen-bond acceptors (Lipinski definition) is 4. The van der Waals surface area contributed by atoms with Gasteiger partial charge in [-0.3, -0.25) is 4.79 Å². The van der Waals surface area contributed by atoms with Crippen LogP contribution in [-0.4, -0.2) is 31.6 Å². The first-order chi connectivity index (χ1) is 9.56. The molecule has 0 aromatic heterocycles. The van der Waals surface area contributed by atoms with E-state index in [1.54, 1.807) is 24.3 Å². The Hall–Kier alpha value is -1.88. The van der Waals surface area contributed by atoms with Crippen LogP contribution < -0.4 is 10.6 Å². The molecule has 0 saturated carbocycles. The molecule has 1 atom stereocenters. The molecule has 1 rings (SSSR count). The van der Waals surface area contributed by atoms with Crippen molar-refractivity contribution >= 4 is 11.9 Å². The molecular formula is C15H22N2O3. The first kappa shape index (κ1) is 16.2.